The number of aliphatic hydroxyl groups excluding tert-OH is 1. The van der Waals surface area contributed by atoms with Crippen molar-refractivity contribution in [3.05, 3.63) is 69.4 Å². The highest BCUT2D eigenvalue weighted by molar-refractivity contribution is 9.10. The Hall–Kier alpha value is -1.33. The summed E-state index contributed by atoms with van der Waals surface area (Å²) in [6.07, 6.45) is -0.890. The summed E-state index contributed by atoms with van der Waals surface area (Å²) in [5.74, 6) is -1.76. The minimum Gasteiger partial charge on any atom is -0.392 e. The second-order valence-corrected chi connectivity index (χ2v) is 5.36. The van der Waals surface area contributed by atoms with E-state index in [1.165, 1.54) is 30.3 Å². The molecular weight excluding hydrogens is 333 g/mol. The summed E-state index contributed by atoms with van der Waals surface area (Å²) in [4.78, 5) is 0. The summed E-state index contributed by atoms with van der Waals surface area (Å²) < 4.78 is 40.2. The lowest BCUT2D eigenvalue weighted by Gasteiger charge is -2.13. The summed E-state index contributed by atoms with van der Waals surface area (Å²) in [7, 11) is 0. The van der Waals surface area contributed by atoms with Crippen LogP contribution in [-0.2, 0) is 12.8 Å². The van der Waals surface area contributed by atoms with Crippen molar-refractivity contribution in [1.82, 2.24) is 0 Å². The average molecular weight is 345 g/mol. The fourth-order valence-electron chi connectivity index (χ4n) is 1.96. The second-order valence-electron chi connectivity index (χ2n) is 4.51. The van der Waals surface area contributed by atoms with E-state index < -0.39 is 17.7 Å². The smallest absolute Gasteiger partial charge is 0.143 e. The van der Waals surface area contributed by atoms with Crippen molar-refractivity contribution in [2.24, 2.45) is 0 Å². The van der Waals surface area contributed by atoms with Gasteiger partial charge in [-0.05, 0) is 52.2 Å². The first-order valence-electron chi connectivity index (χ1n) is 6.02. The normalized spacial score (nSPS) is 12.4. The van der Waals surface area contributed by atoms with Crippen molar-refractivity contribution in [3.63, 3.8) is 0 Å². The van der Waals surface area contributed by atoms with Gasteiger partial charge in [0, 0.05) is 12.0 Å². The van der Waals surface area contributed by atoms with Crippen LogP contribution in [0.2, 0.25) is 0 Å². The molecule has 1 unspecified atom stereocenters. The highest BCUT2D eigenvalue weighted by Crippen LogP contribution is 2.23. The Labute approximate surface area is 123 Å². The Morgan fingerprint density at radius 1 is 0.950 bits per heavy atom. The number of aliphatic hydroxyl groups is 1. The largest absolute Gasteiger partial charge is 0.392 e. The summed E-state index contributed by atoms with van der Waals surface area (Å²) >= 11 is 2.98. The minimum absolute atomic E-state index is 0.144. The fourth-order valence-corrected chi connectivity index (χ4v) is 2.33. The van der Waals surface area contributed by atoms with Crippen molar-refractivity contribution in [3.8, 4) is 0 Å². The van der Waals surface area contributed by atoms with Crippen molar-refractivity contribution >= 4 is 15.9 Å². The number of rotatable bonds is 4. The van der Waals surface area contributed by atoms with Gasteiger partial charge in [0.15, 0.2) is 0 Å². The minimum atomic E-state index is -0.946. The molecule has 106 valence electrons. The second kappa shape index (κ2) is 6.41. The quantitative estimate of drug-likeness (QED) is 0.831. The van der Waals surface area contributed by atoms with E-state index in [4.69, 9.17) is 0 Å². The molecule has 0 bridgehead atoms. The van der Waals surface area contributed by atoms with Crippen LogP contribution in [0.25, 0.3) is 0 Å². The molecular formula is C15H12BrF3O. The molecule has 1 N–H and O–H groups in total. The van der Waals surface area contributed by atoms with E-state index in [2.05, 4.69) is 15.9 Å². The van der Waals surface area contributed by atoms with E-state index in [9.17, 15) is 18.3 Å². The molecule has 5 heteroatoms. The van der Waals surface area contributed by atoms with Crippen molar-refractivity contribution in [2.45, 2.75) is 18.9 Å². The molecule has 2 rings (SSSR count). The van der Waals surface area contributed by atoms with Gasteiger partial charge in [0.1, 0.15) is 17.5 Å². The maximum atomic E-state index is 13.8. The van der Waals surface area contributed by atoms with Crippen LogP contribution in [0, 0.1) is 17.5 Å². The molecule has 0 spiro atoms. The SMILES string of the molecule is OC(Cc1ccc(F)cc1)Cc1c(F)ccc(Br)c1F. The highest BCUT2D eigenvalue weighted by Gasteiger charge is 2.16. The van der Waals surface area contributed by atoms with Crippen LogP contribution in [0.5, 0.6) is 0 Å². The van der Waals surface area contributed by atoms with Gasteiger partial charge >= 0.3 is 0 Å². The first-order chi connectivity index (χ1) is 9.47. The molecule has 0 aliphatic carbocycles. The molecule has 2 aromatic rings. The van der Waals surface area contributed by atoms with E-state index in [0.29, 0.717) is 5.56 Å². The Morgan fingerprint density at radius 3 is 2.25 bits per heavy atom. The zero-order chi connectivity index (χ0) is 14.7. The van der Waals surface area contributed by atoms with Gasteiger partial charge in [-0.15, -0.1) is 0 Å². The number of halogens is 4. The van der Waals surface area contributed by atoms with Crippen LogP contribution in [0.4, 0.5) is 13.2 Å². The van der Waals surface area contributed by atoms with Gasteiger partial charge in [0.2, 0.25) is 0 Å². The molecule has 0 saturated heterocycles. The first-order valence-corrected chi connectivity index (χ1v) is 6.81. The van der Waals surface area contributed by atoms with E-state index in [-0.39, 0.29) is 28.7 Å². The third-order valence-corrected chi connectivity index (χ3v) is 3.58. The summed E-state index contributed by atoms with van der Waals surface area (Å²) in [5.41, 5.74) is 0.545. The maximum absolute atomic E-state index is 13.8. The highest BCUT2D eigenvalue weighted by atomic mass is 79.9. The van der Waals surface area contributed by atoms with Gasteiger partial charge in [-0.1, -0.05) is 12.1 Å². The van der Waals surface area contributed by atoms with Gasteiger partial charge in [0.25, 0.3) is 0 Å². The molecule has 0 saturated carbocycles. The topological polar surface area (TPSA) is 20.2 Å². The van der Waals surface area contributed by atoms with Gasteiger partial charge in [-0.3, -0.25) is 0 Å². The number of hydrogen-bond donors (Lipinski definition) is 1. The van der Waals surface area contributed by atoms with Gasteiger partial charge in [-0.2, -0.15) is 0 Å². The molecule has 0 aliphatic rings. The van der Waals surface area contributed by atoms with Crippen LogP contribution in [0.15, 0.2) is 40.9 Å². The predicted octanol–water partition coefficient (Wildman–Crippen LogP) is 4.01. The zero-order valence-electron chi connectivity index (χ0n) is 10.4. The Bertz CT molecular complexity index is 599. The molecule has 1 nitrogen and oxygen atoms in total. The van der Waals surface area contributed by atoms with Gasteiger partial charge in [-0.25, -0.2) is 13.2 Å². The molecule has 1 atom stereocenters. The Kier molecular flexibility index (Phi) is 4.83. The summed E-state index contributed by atoms with van der Waals surface area (Å²) in [6.45, 7) is 0. The summed E-state index contributed by atoms with van der Waals surface area (Å²) in [6, 6.07) is 8.05. The zero-order valence-corrected chi connectivity index (χ0v) is 12.0. The van der Waals surface area contributed by atoms with Crippen molar-refractivity contribution in [1.29, 1.82) is 0 Å². The van der Waals surface area contributed by atoms with Crippen LogP contribution >= 0.6 is 15.9 Å². The standard InChI is InChI=1S/C15H12BrF3O/c16-13-5-6-14(18)12(15(13)19)8-11(20)7-9-1-3-10(17)4-2-9/h1-6,11,20H,7-8H2. The van der Waals surface area contributed by atoms with Gasteiger partial charge < -0.3 is 5.11 Å². The molecule has 0 radical (unpaired) electrons. The molecule has 0 aliphatic heterocycles. The molecule has 20 heavy (non-hydrogen) atoms. The third kappa shape index (κ3) is 3.61. The lowest BCUT2D eigenvalue weighted by Crippen LogP contribution is -2.16. The van der Waals surface area contributed by atoms with Crippen LogP contribution in [-0.4, -0.2) is 11.2 Å². The Morgan fingerprint density at radius 2 is 1.60 bits per heavy atom. The maximum Gasteiger partial charge on any atom is 0.143 e. The van der Waals surface area contributed by atoms with Crippen LogP contribution in [0.1, 0.15) is 11.1 Å². The lowest BCUT2D eigenvalue weighted by atomic mass is 10.0. The van der Waals surface area contributed by atoms with Gasteiger partial charge in [0.05, 0.1) is 10.6 Å². The van der Waals surface area contributed by atoms with Crippen molar-refractivity contribution < 1.29 is 18.3 Å². The molecule has 0 aromatic heterocycles. The average Bonchev–Trinajstić information content (AvgIpc) is 2.42. The van der Waals surface area contributed by atoms with Crippen LogP contribution < -0.4 is 0 Å². The van der Waals surface area contributed by atoms with E-state index in [1.807, 2.05) is 0 Å². The monoisotopic (exact) mass is 344 g/mol. The molecule has 2 aromatic carbocycles. The Balaban J connectivity index is 2.10. The summed E-state index contributed by atoms with van der Waals surface area (Å²) in [5, 5.41) is 9.92. The van der Waals surface area contributed by atoms with E-state index in [0.717, 1.165) is 6.07 Å². The molecule has 0 amide bonds. The number of hydrogen-bond acceptors (Lipinski definition) is 1. The van der Waals surface area contributed by atoms with E-state index in [1.54, 1.807) is 0 Å². The van der Waals surface area contributed by atoms with E-state index >= 15 is 0 Å². The molecule has 0 heterocycles. The predicted molar refractivity (Wildman–Crippen MR) is 73.9 cm³/mol. The molecule has 0 fully saturated rings. The third-order valence-electron chi connectivity index (χ3n) is 2.96. The van der Waals surface area contributed by atoms with Crippen molar-refractivity contribution in [2.75, 3.05) is 0 Å². The van der Waals surface area contributed by atoms with Crippen LogP contribution in [0.3, 0.4) is 0 Å². The lowest BCUT2D eigenvalue weighted by molar-refractivity contribution is 0.172. The first kappa shape index (κ1) is 15.1. The number of benzene rings is 2. The fraction of sp³-hybridized carbons (Fsp3) is 0.200.